The second-order valence-electron chi connectivity index (χ2n) is 4.36. The van der Waals surface area contributed by atoms with Gasteiger partial charge in [0.2, 0.25) is 0 Å². The number of hydrogen-bond donors (Lipinski definition) is 2. The molecule has 3 N–H and O–H groups in total. The topological polar surface area (TPSA) is 46.2 Å². The molecule has 0 aliphatic heterocycles. The highest BCUT2D eigenvalue weighted by Crippen LogP contribution is 2.25. The number of halogens is 2. The van der Waals surface area contributed by atoms with Gasteiger partial charge in [0.05, 0.1) is 12.1 Å². The van der Waals surface area contributed by atoms with E-state index >= 15 is 0 Å². The average Bonchev–Trinajstić information content (AvgIpc) is 2.29. The fraction of sp³-hybridized carbons (Fsp3) is 0.538. The van der Waals surface area contributed by atoms with Gasteiger partial charge in [0.1, 0.15) is 5.82 Å². The van der Waals surface area contributed by atoms with Crippen LogP contribution in [-0.4, -0.2) is 11.2 Å². The van der Waals surface area contributed by atoms with Gasteiger partial charge in [-0.3, -0.25) is 0 Å². The first-order chi connectivity index (χ1) is 7.49. The van der Waals surface area contributed by atoms with Gasteiger partial charge >= 0.3 is 0 Å². The molecule has 0 amide bonds. The number of rotatable bonds is 4. The summed E-state index contributed by atoms with van der Waals surface area (Å²) in [6.07, 6.45) is 0.217. The molecule has 0 heterocycles. The van der Waals surface area contributed by atoms with E-state index in [1.165, 1.54) is 6.07 Å². The molecule has 1 rings (SSSR count). The molecule has 1 unspecified atom stereocenters. The molecule has 0 aliphatic rings. The lowest BCUT2D eigenvalue weighted by Crippen LogP contribution is -2.32. The van der Waals surface area contributed by atoms with Crippen LogP contribution in [0.3, 0.4) is 0 Å². The first kappa shape index (κ1) is 16.4. The van der Waals surface area contributed by atoms with Crippen molar-refractivity contribution in [3.63, 3.8) is 0 Å². The van der Waals surface area contributed by atoms with Gasteiger partial charge in [-0.15, -0.1) is 12.4 Å². The lowest BCUT2D eigenvalue weighted by molar-refractivity contribution is 0.0877. The zero-order valence-electron chi connectivity index (χ0n) is 10.5. The van der Waals surface area contributed by atoms with Crippen molar-refractivity contribution in [3.05, 3.63) is 35.1 Å². The molecule has 2 nitrogen and oxygen atoms in total. The maximum Gasteiger partial charge on any atom is 0.126 e. The van der Waals surface area contributed by atoms with Gasteiger partial charge in [0, 0.05) is 0 Å². The van der Waals surface area contributed by atoms with Crippen LogP contribution >= 0.6 is 12.4 Å². The van der Waals surface area contributed by atoms with Crippen molar-refractivity contribution in [3.8, 4) is 0 Å². The Bertz CT molecular complexity index is 359. The molecule has 0 fully saturated rings. The van der Waals surface area contributed by atoms with Crippen molar-refractivity contribution < 1.29 is 9.50 Å². The summed E-state index contributed by atoms with van der Waals surface area (Å²) < 4.78 is 13.3. The van der Waals surface area contributed by atoms with Crippen LogP contribution in [0, 0.1) is 18.7 Å². The highest BCUT2D eigenvalue weighted by molar-refractivity contribution is 5.85. The van der Waals surface area contributed by atoms with Crippen molar-refractivity contribution in [2.45, 2.75) is 39.3 Å². The minimum Gasteiger partial charge on any atom is -0.391 e. The summed E-state index contributed by atoms with van der Waals surface area (Å²) in [7, 11) is 0. The molecule has 4 heteroatoms. The third-order valence-electron chi connectivity index (χ3n) is 3.26. The van der Waals surface area contributed by atoms with Crippen LogP contribution < -0.4 is 5.73 Å². The predicted octanol–water partition coefficient (Wildman–Crippen LogP) is 2.96. The maximum absolute atomic E-state index is 13.3. The molecular weight excluding hydrogens is 241 g/mol. The van der Waals surface area contributed by atoms with Gasteiger partial charge in [0.15, 0.2) is 0 Å². The molecule has 0 aromatic heterocycles. The van der Waals surface area contributed by atoms with Gasteiger partial charge in [-0.2, -0.15) is 0 Å². The summed E-state index contributed by atoms with van der Waals surface area (Å²) in [6, 6.07) is 4.28. The summed E-state index contributed by atoms with van der Waals surface area (Å²) in [5, 5.41) is 10.0. The number of hydrogen-bond acceptors (Lipinski definition) is 2. The van der Waals surface area contributed by atoms with Crippen molar-refractivity contribution in [1.29, 1.82) is 0 Å². The molecule has 98 valence electrons. The van der Waals surface area contributed by atoms with E-state index in [0.717, 1.165) is 6.42 Å². The molecule has 0 spiro atoms. The second kappa shape index (κ2) is 6.94. The Morgan fingerprint density at radius 3 is 2.53 bits per heavy atom. The van der Waals surface area contributed by atoms with Gasteiger partial charge in [-0.25, -0.2) is 4.39 Å². The first-order valence-corrected chi connectivity index (χ1v) is 5.67. The summed E-state index contributed by atoms with van der Waals surface area (Å²) >= 11 is 0. The molecule has 0 saturated heterocycles. The van der Waals surface area contributed by atoms with Gasteiger partial charge in [0.25, 0.3) is 0 Å². The summed E-state index contributed by atoms with van der Waals surface area (Å²) in [5.41, 5.74) is 7.18. The number of aliphatic hydroxyl groups excluding tert-OH is 1. The minimum absolute atomic E-state index is 0. The lowest BCUT2D eigenvalue weighted by Gasteiger charge is -2.25. The zero-order valence-corrected chi connectivity index (χ0v) is 11.3. The smallest absolute Gasteiger partial charge is 0.126 e. The standard InChI is InChI=1S/C13H20FNO.ClH/c1-4-8(2)13(16)12(15)10-6-5-7-11(14)9(10)3;/h5-8,12-13,16H,4,15H2,1-3H3;1H/t8?,12-,13+;/m0./s1. The quantitative estimate of drug-likeness (QED) is 0.875. The highest BCUT2D eigenvalue weighted by atomic mass is 35.5. The molecule has 3 atom stereocenters. The highest BCUT2D eigenvalue weighted by Gasteiger charge is 2.23. The van der Waals surface area contributed by atoms with Crippen LogP contribution in [0.15, 0.2) is 18.2 Å². The molecule has 17 heavy (non-hydrogen) atoms. The van der Waals surface area contributed by atoms with E-state index in [1.54, 1.807) is 19.1 Å². The minimum atomic E-state index is -0.634. The second-order valence-corrected chi connectivity index (χ2v) is 4.36. The lowest BCUT2D eigenvalue weighted by atomic mass is 9.89. The predicted molar refractivity (Wildman–Crippen MR) is 70.8 cm³/mol. The van der Waals surface area contributed by atoms with E-state index in [4.69, 9.17) is 5.73 Å². The van der Waals surface area contributed by atoms with Crippen LogP contribution in [0.1, 0.15) is 37.4 Å². The van der Waals surface area contributed by atoms with Gasteiger partial charge in [-0.1, -0.05) is 32.4 Å². The van der Waals surface area contributed by atoms with E-state index in [9.17, 15) is 9.50 Å². The SMILES string of the molecule is CCC(C)[C@@H](O)[C@@H](N)c1cccc(F)c1C.Cl. The number of aliphatic hydroxyl groups is 1. The van der Waals surface area contributed by atoms with E-state index < -0.39 is 12.1 Å². The Balaban J connectivity index is 0.00000256. The fourth-order valence-electron chi connectivity index (χ4n) is 1.76. The molecule has 0 radical (unpaired) electrons. The van der Waals surface area contributed by atoms with E-state index in [0.29, 0.717) is 11.1 Å². The average molecular weight is 262 g/mol. The van der Waals surface area contributed by atoms with Crippen molar-refractivity contribution in [2.24, 2.45) is 11.7 Å². The Labute approximate surface area is 108 Å². The van der Waals surface area contributed by atoms with Crippen LogP contribution in [0.2, 0.25) is 0 Å². The first-order valence-electron chi connectivity index (χ1n) is 5.67. The van der Waals surface area contributed by atoms with Crippen molar-refractivity contribution in [2.75, 3.05) is 0 Å². The van der Waals surface area contributed by atoms with E-state index in [-0.39, 0.29) is 24.1 Å². The molecule has 1 aromatic rings. The van der Waals surface area contributed by atoms with E-state index in [2.05, 4.69) is 0 Å². The molecule has 1 aromatic carbocycles. The van der Waals surface area contributed by atoms with Crippen LogP contribution in [0.5, 0.6) is 0 Å². The molecule has 0 aliphatic carbocycles. The molecular formula is C13H21ClFNO. The zero-order chi connectivity index (χ0) is 12.3. The monoisotopic (exact) mass is 261 g/mol. The van der Waals surface area contributed by atoms with E-state index in [1.807, 2.05) is 13.8 Å². The summed E-state index contributed by atoms with van der Waals surface area (Å²) in [4.78, 5) is 0. The third kappa shape index (κ3) is 3.66. The molecule has 0 bridgehead atoms. The fourth-order valence-corrected chi connectivity index (χ4v) is 1.76. The summed E-state index contributed by atoms with van der Waals surface area (Å²) in [5.74, 6) is -0.165. The van der Waals surface area contributed by atoms with Crippen molar-refractivity contribution in [1.82, 2.24) is 0 Å². The maximum atomic E-state index is 13.3. The van der Waals surface area contributed by atoms with Crippen molar-refractivity contribution >= 4 is 12.4 Å². The van der Waals surface area contributed by atoms with Crippen LogP contribution in [-0.2, 0) is 0 Å². The summed E-state index contributed by atoms with van der Waals surface area (Å²) in [6.45, 7) is 5.63. The Hall–Kier alpha value is -0.640. The third-order valence-corrected chi connectivity index (χ3v) is 3.26. The van der Waals surface area contributed by atoms with Gasteiger partial charge < -0.3 is 10.8 Å². The Morgan fingerprint density at radius 1 is 1.41 bits per heavy atom. The number of benzene rings is 1. The normalized spacial score (nSPS) is 15.9. The largest absolute Gasteiger partial charge is 0.391 e. The van der Waals surface area contributed by atoms with Crippen LogP contribution in [0.25, 0.3) is 0 Å². The number of nitrogens with two attached hydrogens (primary N) is 1. The van der Waals surface area contributed by atoms with Gasteiger partial charge in [-0.05, 0) is 30.0 Å². The molecule has 0 saturated carbocycles. The Morgan fingerprint density at radius 2 is 2.00 bits per heavy atom. The Kier molecular flexibility index (Phi) is 6.68. The van der Waals surface area contributed by atoms with Crippen LogP contribution in [0.4, 0.5) is 4.39 Å².